The minimum absolute atomic E-state index is 0.0709. The van der Waals surface area contributed by atoms with Gasteiger partial charge in [0.25, 0.3) is 0 Å². The third-order valence-corrected chi connectivity index (χ3v) is 6.83. The smallest absolute Gasteiger partial charge is 0.326 e. The van der Waals surface area contributed by atoms with E-state index in [4.69, 9.17) is 23.2 Å². The third kappa shape index (κ3) is 5.37. The number of hydrogen-bond acceptors (Lipinski definition) is 3. The molecule has 0 unspecified atom stereocenters. The van der Waals surface area contributed by atoms with Gasteiger partial charge in [-0.2, -0.15) is 0 Å². The molecule has 0 aliphatic carbocycles. The molecule has 0 saturated heterocycles. The lowest BCUT2D eigenvalue weighted by Gasteiger charge is -2.27. The maximum Gasteiger partial charge on any atom is 0.326 e. The minimum Gasteiger partial charge on any atom is -0.333 e. The SMILES string of the molecule is O=C(NCc1ccnc(Cl)c1)n1c2c(c3cc(F)c(Cl)cc31)CN(C/C=C/c1ccc(F)cc1F)CC2. The maximum absolute atomic E-state index is 14.4. The Morgan fingerprint density at radius 1 is 1.08 bits per heavy atom. The van der Waals surface area contributed by atoms with Crippen LogP contribution in [0.2, 0.25) is 10.2 Å². The average molecular weight is 545 g/mol. The molecule has 4 aromatic rings. The fourth-order valence-electron chi connectivity index (χ4n) is 4.57. The number of nitrogens with one attached hydrogen (secondary N) is 1. The fourth-order valence-corrected chi connectivity index (χ4v) is 4.92. The van der Waals surface area contributed by atoms with E-state index in [0.29, 0.717) is 47.7 Å². The summed E-state index contributed by atoms with van der Waals surface area (Å²) < 4.78 is 43.1. The first-order valence-electron chi connectivity index (χ1n) is 11.5. The van der Waals surface area contributed by atoms with Gasteiger partial charge in [0, 0.05) is 61.5 Å². The molecule has 5 nitrogen and oxygen atoms in total. The van der Waals surface area contributed by atoms with Gasteiger partial charge in [-0.05, 0) is 47.5 Å². The van der Waals surface area contributed by atoms with Crippen LogP contribution in [0.15, 0.2) is 54.7 Å². The highest BCUT2D eigenvalue weighted by Gasteiger charge is 2.27. The number of benzene rings is 2. The van der Waals surface area contributed by atoms with Crippen LogP contribution >= 0.6 is 23.2 Å². The van der Waals surface area contributed by atoms with E-state index in [2.05, 4.69) is 15.2 Å². The molecule has 5 rings (SSSR count). The summed E-state index contributed by atoms with van der Waals surface area (Å²) in [6.45, 7) is 1.82. The zero-order valence-corrected chi connectivity index (χ0v) is 21.0. The molecule has 0 radical (unpaired) electrons. The van der Waals surface area contributed by atoms with Crippen molar-refractivity contribution in [1.82, 2.24) is 19.8 Å². The summed E-state index contributed by atoms with van der Waals surface area (Å²) in [6.07, 6.45) is 5.50. The van der Waals surface area contributed by atoms with Crippen LogP contribution in [0.3, 0.4) is 0 Å². The molecule has 0 saturated carbocycles. The van der Waals surface area contributed by atoms with Crippen molar-refractivity contribution in [2.24, 2.45) is 0 Å². The molecule has 1 N–H and O–H groups in total. The van der Waals surface area contributed by atoms with E-state index in [1.807, 2.05) is 0 Å². The number of halogens is 5. The standard InChI is InChI=1S/C27H21Cl2F3N4O/c28-21-13-25-19(12-23(21)32)20-15-35(8-1-2-17-3-4-18(30)11-22(17)31)9-6-24(20)36(25)27(37)34-14-16-5-7-33-26(29)10-16/h1-5,7,10-13H,6,8-9,14-15H2,(H,34,37)/b2-1+. The van der Waals surface area contributed by atoms with E-state index >= 15 is 0 Å². The van der Waals surface area contributed by atoms with Crippen LogP contribution in [0, 0.1) is 17.5 Å². The first-order chi connectivity index (χ1) is 17.8. The normalized spacial score (nSPS) is 13.9. The highest BCUT2D eigenvalue weighted by molar-refractivity contribution is 6.31. The van der Waals surface area contributed by atoms with Crippen molar-refractivity contribution in [2.75, 3.05) is 13.1 Å². The van der Waals surface area contributed by atoms with Crippen LogP contribution in [0.25, 0.3) is 17.0 Å². The van der Waals surface area contributed by atoms with E-state index in [0.717, 1.165) is 22.9 Å². The lowest BCUT2D eigenvalue weighted by Crippen LogP contribution is -2.34. The molecule has 190 valence electrons. The maximum atomic E-state index is 14.4. The second kappa shape index (κ2) is 10.6. The van der Waals surface area contributed by atoms with Crippen LogP contribution in [-0.4, -0.2) is 33.6 Å². The molecular formula is C27H21Cl2F3N4O. The van der Waals surface area contributed by atoms with Gasteiger partial charge in [-0.3, -0.25) is 9.47 Å². The van der Waals surface area contributed by atoms with Crippen molar-refractivity contribution >= 4 is 46.2 Å². The molecular weight excluding hydrogens is 524 g/mol. The van der Waals surface area contributed by atoms with Crippen molar-refractivity contribution in [2.45, 2.75) is 19.5 Å². The van der Waals surface area contributed by atoms with Gasteiger partial charge in [0.2, 0.25) is 0 Å². The molecule has 10 heteroatoms. The molecule has 2 aromatic carbocycles. The zero-order valence-electron chi connectivity index (χ0n) is 19.4. The van der Waals surface area contributed by atoms with Gasteiger partial charge in [0.1, 0.15) is 22.6 Å². The summed E-state index contributed by atoms with van der Waals surface area (Å²) in [5.74, 6) is -1.83. The number of pyridine rings is 1. The Kier molecular flexibility index (Phi) is 7.24. The van der Waals surface area contributed by atoms with Crippen LogP contribution in [-0.2, 0) is 19.5 Å². The number of hydrogen-bond donors (Lipinski definition) is 1. The van der Waals surface area contributed by atoms with Gasteiger partial charge < -0.3 is 5.32 Å². The first-order valence-corrected chi connectivity index (χ1v) is 12.3. The molecule has 0 fully saturated rings. The average Bonchev–Trinajstić information content (AvgIpc) is 3.17. The molecule has 1 aliphatic heterocycles. The number of carbonyl (C=O) groups is 1. The third-order valence-electron chi connectivity index (χ3n) is 6.33. The van der Waals surface area contributed by atoms with Gasteiger partial charge in [0.15, 0.2) is 0 Å². The molecule has 1 aliphatic rings. The molecule has 0 atom stereocenters. The van der Waals surface area contributed by atoms with Crippen molar-refractivity contribution in [3.05, 3.63) is 105 Å². The summed E-state index contributed by atoms with van der Waals surface area (Å²) in [5, 5.41) is 3.76. The number of fused-ring (bicyclic) bond motifs is 3. The summed E-state index contributed by atoms with van der Waals surface area (Å²) >= 11 is 12.0. The highest BCUT2D eigenvalue weighted by Crippen LogP contribution is 2.34. The monoisotopic (exact) mass is 544 g/mol. The van der Waals surface area contributed by atoms with Gasteiger partial charge >= 0.3 is 6.03 Å². The molecule has 3 heterocycles. The Balaban J connectivity index is 1.40. The zero-order chi connectivity index (χ0) is 26.1. The number of nitrogens with zero attached hydrogens (tertiary/aromatic N) is 3. The van der Waals surface area contributed by atoms with Crippen molar-refractivity contribution in [1.29, 1.82) is 0 Å². The van der Waals surface area contributed by atoms with Gasteiger partial charge in [-0.15, -0.1) is 0 Å². The topological polar surface area (TPSA) is 50.2 Å². The van der Waals surface area contributed by atoms with Gasteiger partial charge in [-0.25, -0.2) is 22.9 Å². The van der Waals surface area contributed by atoms with E-state index in [1.54, 1.807) is 35.0 Å². The van der Waals surface area contributed by atoms with Crippen LogP contribution < -0.4 is 5.32 Å². The summed E-state index contributed by atoms with van der Waals surface area (Å²) in [4.78, 5) is 19.3. The lowest BCUT2D eigenvalue weighted by molar-refractivity contribution is 0.240. The predicted molar refractivity (Wildman–Crippen MR) is 138 cm³/mol. The first kappa shape index (κ1) is 25.3. The lowest BCUT2D eigenvalue weighted by atomic mass is 10.0. The van der Waals surface area contributed by atoms with Crippen LogP contribution in [0.1, 0.15) is 22.4 Å². The summed E-state index contributed by atoms with van der Waals surface area (Å²) in [6, 6.07) is 9.32. The summed E-state index contributed by atoms with van der Waals surface area (Å²) in [5.41, 5.74) is 3.22. The van der Waals surface area contributed by atoms with Crippen molar-refractivity contribution < 1.29 is 18.0 Å². The molecule has 0 bridgehead atoms. The molecule has 2 aromatic heterocycles. The van der Waals surface area contributed by atoms with E-state index in [9.17, 15) is 18.0 Å². The number of amides is 1. The van der Waals surface area contributed by atoms with Gasteiger partial charge in [0.05, 0.1) is 10.5 Å². The van der Waals surface area contributed by atoms with Crippen LogP contribution in [0.5, 0.6) is 0 Å². The Morgan fingerprint density at radius 3 is 2.70 bits per heavy atom. The Morgan fingerprint density at radius 2 is 1.92 bits per heavy atom. The van der Waals surface area contributed by atoms with E-state index in [-0.39, 0.29) is 17.6 Å². The molecule has 1 amide bonds. The summed E-state index contributed by atoms with van der Waals surface area (Å²) in [7, 11) is 0. The number of carbonyl (C=O) groups excluding carboxylic acids is 1. The second-order valence-electron chi connectivity index (χ2n) is 8.74. The Labute approximate surface area is 221 Å². The molecule has 37 heavy (non-hydrogen) atoms. The Hall–Kier alpha value is -3.33. The van der Waals surface area contributed by atoms with E-state index in [1.165, 1.54) is 24.3 Å². The number of aromatic nitrogens is 2. The van der Waals surface area contributed by atoms with Gasteiger partial charge in [-0.1, -0.05) is 35.4 Å². The molecule has 0 spiro atoms. The largest absolute Gasteiger partial charge is 0.333 e. The van der Waals surface area contributed by atoms with E-state index < -0.39 is 17.5 Å². The second-order valence-corrected chi connectivity index (χ2v) is 9.54. The predicted octanol–water partition coefficient (Wildman–Crippen LogP) is 6.59. The fraction of sp³-hybridized carbons (Fsp3) is 0.185. The minimum atomic E-state index is -0.632. The quantitative estimate of drug-likeness (QED) is 0.288. The highest BCUT2D eigenvalue weighted by atomic mass is 35.5. The Bertz CT molecular complexity index is 1540. The van der Waals surface area contributed by atoms with Crippen molar-refractivity contribution in [3.8, 4) is 0 Å². The van der Waals surface area contributed by atoms with Crippen molar-refractivity contribution in [3.63, 3.8) is 0 Å². The van der Waals surface area contributed by atoms with Crippen LogP contribution in [0.4, 0.5) is 18.0 Å². The number of rotatable bonds is 5.